The van der Waals surface area contributed by atoms with Crippen molar-refractivity contribution >= 4 is 11.8 Å². The SMILES string of the molecule is COc1ccc([N+](=O)[O-])c(CCNC(=O)OC(C)(C)C)c1. The van der Waals surface area contributed by atoms with Crippen LogP contribution in [0.2, 0.25) is 0 Å². The number of alkyl carbamates (subject to hydrolysis) is 1. The lowest BCUT2D eigenvalue weighted by Crippen LogP contribution is -2.33. The van der Waals surface area contributed by atoms with Gasteiger partial charge in [0.05, 0.1) is 12.0 Å². The standard InChI is InChI=1S/C14H20N2O5/c1-14(2,3)21-13(17)15-8-7-10-9-11(20-4)5-6-12(10)16(18)19/h5-6,9H,7-8H2,1-4H3,(H,15,17). The first kappa shape index (κ1) is 16.7. The Bertz CT molecular complexity index is 523. The first-order valence-corrected chi connectivity index (χ1v) is 6.51. The summed E-state index contributed by atoms with van der Waals surface area (Å²) < 4.78 is 10.1. The topological polar surface area (TPSA) is 90.7 Å². The third kappa shape index (κ3) is 5.68. The number of methoxy groups -OCH3 is 1. The van der Waals surface area contributed by atoms with Gasteiger partial charge in [0.25, 0.3) is 5.69 Å². The van der Waals surface area contributed by atoms with Gasteiger partial charge in [-0.15, -0.1) is 0 Å². The summed E-state index contributed by atoms with van der Waals surface area (Å²) in [5.74, 6) is 0.535. The maximum atomic E-state index is 11.5. The zero-order valence-electron chi connectivity index (χ0n) is 12.6. The van der Waals surface area contributed by atoms with E-state index in [0.717, 1.165) is 0 Å². The second-order valence-electron chi connectivity index (χ2n) is 5.43. The fraction of sp³-hybridized carbons (Fsp3) is 0.500. The summed E-state index contributed by atoms with van der Waals surface area (Å²) >= 11 is 0. The molecule has 0 fully saturated rings. The molecule has 1 rings (SSSR count). The Morgan fingerprint density at radius 2 is 2.05 bits per heavy atom. The molecule has 0 unspecified atom stereocenters. The van der Waals surface area contributed by atoms with E-state index in [1.54, 1.807) is 26.8 Å². The molecule has 0 saturated heterocycles. The first-order valence-electron chi connectivity index (χ1n) is 6.51. The Morgan fingerprint density at radius 3 is 2.57 bits per heavy atom. The van der Waals surface area contributed by atoms with Gasteiger partial charge in [-0.2, -0.15) is 0 Å². The largest absolute Gasteiger partial charge is 0.497 e. The van der Waals surface area contributed by atoms with Crippen LogP contribution in [0.1, 0.15) is 26.3 Å². The van der Waals surface area contributed by atoms with Gasteiger partial charge in [0.1, 0.15) is 11.4 Å². The van der Waals surface area contributed by atoms with E-state index in [9.17, 15) is 14.9 Å². The summed E-state index contributed by atoms with van der Waals surface area (Å²) in [5.41, 5.74) is -0.0799. The Labute approximate surface area is 123 Å². The quantitative estimate of drug-likeness (QED) is 0.666. The van der Waals surface area contributed by atoms with Gasteiger partial charge in [-0.1, -0.05) is 0 Å². The number of amides is 1. The number of hydrogen-bond donors (Lipinski definition) is 1. The van der Waals surface area contributed by atoms with Crippen molar-refractivity contribution in [2.24, 2.45) is 0 Å². The fourth-order valence-electron chi connectivity index (χ4n) is 1.68. The van der Waals surface area contributed by atoms with Gasteiger partial charge in [-0.05, 0) is 39.3 Å². The smallest absolute Gasteiger partial charge is 0.407 e. The van der Waals surface area contributed by atoms with Crippen LogP contribution in [-0.2, 0) is 11.2 Å². The Balaban J connectivity index is 2.66. The minimum atomic E-state index is -0.577. The van der Waals surface area contributed by atoms with Crippen LogP contribution in [0.25, 0.3) is 0 Å². The van der Waals surface area contributed by atoms with Crippen molar-refractivity contribution < 1.29 is 19.2 Å². The normalized spacial score (nSPS) is 10.9. The van der Waals surface area contributed by atoms with Gasteiger partial charge in [0.15, 0.2) is 0 Å². The highest BCUT2D eigenvalue weighted by atomic mass is 16.6. The lowest BCUT2D eigenvalue weighted by atomic mass is 10.1. The Kier molecular flexibility index (Phi) is 5.52. The van der Waals surface area contributed by atoms with Crippen LogP contribution in [0.15, 0.2) is 18.2 Å². The van der Waals surface area contributed by atoms with E-state index in [-0.39, 0.29) is 12.2 Å². The molecule has 0 saturated carbocycles. The summed E-state index contributed by atoms with van der Waals surface area (Å²) in [5, 5.41) is 13.5. The number of carbonyl (C=O) groups excluding carboxylic acids is 1. The summed E-state index contributed by atoms with van der Waals surface area (Å²) in [6.07, 6.45) is -0.236. The number of nitro benzene ring substituents is 1. The van der Waals surface area contributed by atoms with Crippen molar-refractivity contribution in [3.63, 3.8) is 0 Å². The van der Waals surface area contributed by atoms with Crippen molar-refractivity contribution in [2.75, 3.05) is 13.7 Å². The van der Waals surface area contributed by atoms with Crippen LogP contribution in [0, 0.1) is 10.1 Å². The molecule has 0 atom stereocenters. The van der Waals surface area contributed by atoms with Crippen LogP contribution in [-0.4, -0.2) is 30.3 Å². The zero-order valence-corrected chi connectivity index (χ0v) is 12.6. The molecule has 0 heterocycles. The molecule has 0 radical (unpaired) electrons. The number of ether oxygens (including phenoxy) is 2. The minimum absolute atomic E-state index is 0.00166. The van der Waals surface area contributed by atoms with Crippen molar-refractivity contribution in [1.82, 2.24) is 5.32 Å². The van der Waals surface area contributed by atoms with Crippen LogP contribution in [0.4, 0.5) is 10.5 Å². The number of hydrogen-bond acceptors (Lipinski definition) is 5. The third-order valence-electron chi connectivity index (χ3n) is 2.55. The first-order chi connectivity index (χ1) is 9.73. The number of nitro groups is 1. The van der Waals surface area contributed by atoms with Crippen molar-refractivity contribution in [3.8, 4) is 5.75 Å². The second kappa shape index (κ2) is 6.92. The van der Waals surface area contributed by atoms with E-state index >= 15 is 0 Å². The molecule has 0 aromatic heterocycles. The number of nitrogens with one attached hydrogen (secondary N) is 1. The lowest BCUT2D eigenvalue weighted by molar-refractivity contribution is -0.385. The number of rotatable bonds is 5. The Morgan fingerprint density at radius 1 is 1.38 bits per heavy atom. The van der Waals surface area contributed by atoms with Crippen LogP contribution in [0.3, 0.4) is 0 Å². The van der Waals surface area contributed by atoms with Gasteiger partial charge in [0.2, 0.25) is 0 Å². The third-order valence-corrected chi connectivity index (χ3v) is 2.55. The van der Waals surface area contributed by atoms with Gasteiger partial charge in [-0.25, -0.2) is 4.79 Å². The molecule has 1 N–H and O–H groups in total. The van der Waals surface area contributed by atoms with E-state index < -0.39 is 16.6 Å². The molecule has 1 aromatic carbocycles. The lowest BCUT2D eigenvalue weighted by Gasteiger charge is -2.19. The van der Waals surface area contributed by atoms with Crippen molar-refractivity contribution in [3.05, 3.63) is 33.9 Å². The molecule has 0 aliphatic heterocycles. The van der Waals surface area contributed by atoms with E-state index in [1.807, 2.05) is 0 Å². The van der Waals surface area contributed by atoms with Gasteiger partial charge in [0, 0.05) is 18.2 Å². The summed E-state index contributed by atoms with van der Waals surface area (Å²) in [7, 11) is 1.49. The van der Waals surface area contributed by atoms with Crippen LogP contribution >= 0.6 is 0 Å². The van der Waals surface area contributed by atoms with Crippen molar-refractivity contribution in [1.29, 1.82) is 0 Å². The van der Waals surface area contributed by atoms with Crippen molar-refractivity contribution in [2.45, 2.75) is 32.8 Å². The fourth-order valence-corrected chi connectivity index (χ4v) is 1.68. The second-order valence-corrected chi connectivity index (χ2v) is 5.43. The molecule has 1 aromatic rings. The van der Waals surface area contributed by atoms with E-state index in [1.165, 1.54) is 19.2 Å². The molecule has 0 aliphatic rings. The number of carbonyl (C=O) groups is 1. The van der Waals surface area contributed by atoms with Gasteiger partial charge >= 0.3 is 6.09 Å². The molecule has 21 heavy (non-hydrogen) atoms. The highest BCUT2D eigenvalue weighted by Gasteiger charge is 2.17. The molecular weight excluding hydrogens is 276 g/mol. The maximum absolute atomic E-state index is 11.5. The monoisotopic (exact) mass is 296 g/mol. The summed E-state index contributed by atoms with van der Waals surface area (Å²) in [6, 6.07) is 4.51. The van der Waals surface area contributed by atoms with E-state index in [4.69, 9.17) is 9.47 Å². The van der Waals surface area contributed by atoms with Gasteiger partial charge < -0.3 is 14.8 Å². The van der Waals surface area contributed by atoms with E-state index in [0.29, 0.717) is 17.7 Å². The zero-order chi connectivity index (χ0) is 16.0. The average molecular weight is 296 g/mol. The Hall–Kier alpha value is -2.31. The molecule has 116 valence electrons. The summed E-state index contributed by atoms with van der Waals surface area (Å²) in [6.45, 7) is 5.53. The molecule has 0 bridgehead atoms. The highest BCUT2D eigenvalue weighted by Crippen LogP contribution is 2.24. The number of nitrogens with zero attached hydrogens (tertiary/aromatic N) is 1. The van der Waals surface area contributed by atoms with Crippen LogP contribution < -0.4 is 10.1 Å². The minimum Gasteiger partial charge on any atom is -0.497 e. The molecule has 7 heteroatoms. The van der Waals surface area contributed by atoms with E-state index in [2.05, 4.69) is 5.32 Å². The molecular formula is C14H20N2O5. The molecule has 0 spiro atoms. The predicted molar refractivity (Wildman–Crippen MR) is 77.6 cm³/mol. The van der Waals surface area contributed by atoms with Crippen LogP contribution in [0.5, 0.6) is 5.75 Å². The summed E-state index contributed by atoms with van der Waals surface area (Å²) in [4.78, 5) is 22.0. The molecule has 7 nitrogen and oxygen atoms in total. The molecule has 0 aliphatic carbocycles. The predicted octanol–water partition coefficient (Wildman–Crippen LogP) is 2.67. The maximum Gasteiger partial charge on any atom is 0.407 e. The number of benzene rings is 1. The molecule has 1 amide bonds. The average Bonchev–Trinajstić information content (AvgIpc) is 2.36. The highest BCUT2D eigenvalue weighted by molar-refractivity contribution is 5.67. The van der Waals surface area contributed by atoms with Gasteiger partial charge in [-0.3, -0.25) is 10.1 Å².